The third-order valence-corrected chi connectivity index (χ3v) is 1.99. The van der Waals surface area contributed by atoms with E-state index < -0.39 is 0 Å². The Balaban J connectivity index is 2.71. The second-order valence-corrected chi connectivity index (χ2v) is 3.50. The second-order valence-electron chi connectivity index (χ2n) is 3.50. The number of aryl methyl sites for hydroxylation is 1. The maximum atomic E-state index is 5.18. The molecule has 76 valence electrons. The lowest BCUT2D eigenvalue weighted by Gasteiger charge is -2.09. The van der Waals surface area contributed by atoms with Crippen LogP contribution in [-0.4, -0.2) is 13.7 Å². The number of rotatable bonds is 4. The Morgan fingerprint density at radius 2 is 2.21 bits per heavy atom. The molecule has 1 N–H and O–H groups in total. The molecule has 1 aromatic rings. The highest BCUT2D eigenvalue weighted by atomic mass is 16.5. The van der Waals surface area contributed by atoms with Gasteiger partial charge in [-0.1, -0.05) is 12.2 Å². The summed E-state index contributed by atoms with van der Waals surface area (Å²) in [6.45, 7) is 8.69. The average Bonchev–Trinajstić information content (AvgIpc) is 2.15. The summed E-state index contributed by atoms with van der Waals surface area (Å²) < 4.78 is 5.18. The molecule has 0 fully saturated rings. The standard InChI is InChI=1S/C12H17NO/c1-9(2)8-13-11-5-6-12(14-4)10(3)7-11/h5-7,13H,1,8H2,2-4H3. The van der Waals surface area contributed by atoms with E-state index in [1.807, 2.05) is 26.0 Å². The van der Waals surface area contributed by atoms with Gasteiger partial charge in [0.1, 0.15) is 5.75 Å². The normalized spacial score (nSPS) is 9.64. The van der Waals surface area contributed by atoms with Crippen LogP contribution < -0.4 is 10.1 Å². The van der Waals surface area contributed by atoms with Gasteiger partial charge in [0, 0.05) is 12.2 Å². The lowest BCUT2D eigenvalue weighted by Crippen LogP contribution is -2.02. The monoisotopic (exact) mass is 191 g/mol. The first-order valence-electron chi connectivity index (χ1n) is 4.66. The third kappa shape index (κ3) is 2.80. The van der Waals surface area contributed by atoms with Crippen LogP contribution >= 0.6 is 0 Å². The van der Waals surface area contributed by atoms with Crippen molar-refractivity contribution in [2.24, 2.45) is 0 Å². The van der Waals surface area contributed by atoms with Crippen molar-refractivity contribution in [1.82, 2.24) is 0 Å². The first kappa shape index (κ1) is 10.6. The van der Waals surface area contributed by atoms with Crippen molar-refractivity contribution >= 4 is 5.69 Å². The van der Waals surface area contributed by atoms with E-state index in [2.05, 4.69) is 18.0 Å². The van der Waals surface area contributed by atoms with Crippen LogP contribution in [0.25, 0.3) is 0 Å². The maximum absolute atomic E-state index is 5.18. The van der Waals surface area contributed by atoms with Gasteiger partial charge in [0.2, 0.25) is 0 Å². The summed E-state index contributed by atoms with van der Waals surface area (Å²) in [5.74, 6) is 0.922. The van der Waals surface area contributed by atoms with Crippen molar-refractivity contribution in [3.63, 3.8) is 0 Å². The van der Waals surface area contributed by atoms with Gasteiger partial charge in [-0.05, 0) is 37.6 Å². The quantitative estimate of drug-likeness (QED) is 0.739. The number of hydrogen-bond acceptors (Lipinski definition) is 2. The minimum absolute atomic E-state index is 0.811. The fourth-order valence-corrected chi connectivity index (χ4v) is 1.24. The molecule has 2 nitrogen and oxygen atoms in total. The topological polar surface area (TPSA) is 21.3 Å². The molecule has 0 aromatic heterocycles. The zero-order valence-electron chi connectivity index (χ0n) is 9.05. The number of hydrogen-bond donors (Lipinski definition) is 1. The fourth-order valence-electron chi connectivity index (χ4n) is 1.24. The molecule has 0 heterocycles. The van der Waals surface area contributed by atoms with Crippen molar-refractivity contribution in [1.29, 1.82) is 0 Å². The number of methoxy groups -OCH3 is 1. The van der Waals surface area contributed by atoms with E-state index >= 15 is 0 Å². The predicted molar refractivity (Wildman–Crippen MR) is 61.0 cm³/mol. The van der Waals surface area contributed by atoms with Gasteiger partial charge in [0.25, 0.3) is 0 Å². The van der Waals surface area contributed by atoms with Crippen molar-refractivity contribution in [3.8, 4) is 5.75 Å². The van der Waals surface area contributed by atoms with E-state index in [4.69, 9.17) is 4.74 Å². The summed E-state index contributed by atoms with van der Waals surface area (Å²) in [7, 11) is 1.68. The Morgan fingerprint density at radius 3 is 2.71 bits per heavy atom. The Kier molecular flexibility index (Phi) is 3.57. The summed E-state index contributed by atoms with van der Waals surface area (Å²) >= 11 is 0. The minimum atomic E-state index is 0.811. The largest absolute Gasteiger partial charge is 0.496 e. The lowest BCUT2D eigenvalue weighted by atomic mass is 10.2. The fraction of sp³-hybridized carbons (Fsp3) is 0.333. The predicted octanol–water partition coefficient (Wildman–Crippen LogP) is 2.99. The molecular formula is C12H17NO. The SMILES string of the molecule is C=C(C)CNc1ccc(OC)c(C)c1. The molecule has 0 saturated heterocycles. The first-order valence-corrected chi connectivity index (χ1v) is 4.66. The van der Waals surface area contributed by atoms with Crippen molar-refractivity contribution in [2.45, 2.75) is 13.8 Å². The molecule has 0 aliphatic carbocycles. The molecule has 2 heteroatoms. The van der Waals surface area contributed by atoms with Crippen LogP contribution in [0, 0.1) is 6.92 Å². The van der Waals surface area contributed by atoms with Crippen molar-refractivity contribution in [2.75, 3.05) is 19.0 Å². The molecule has 0 aliphatic heterocycles. The Labute approximate surface area is 85.6 Å². The van der Waals surface area contributed by atoms with Gasteiger partial charge in [-0.15, -0.1) is 0 Å². The third-order valence-electron chi connectivity index (χ3n) is 1.99. The van der Waals surface area contributed by atoms with Gasteiger partial charge in [0.15, 0.2) is 0 Å². The summed E-state index contributed by atoms with van der Waals surface area (Å²) in [4.78, 5) is 0. The Bertz CT molecular complexity index is 331. The van der Waals surface area contributed by atoms with Gasteiger partial charge in [-0.2, -0.15) is 0 Å². The van der Waals surface area contributed by atoms with Gasteiger partial charge in [-0.25, -0.2) is 0 Å². The Hall–Kier alpha value is -1.44. The van der Waals surface area contributed by atoms with Gasteiger partial charge >= 0.3 is 0 Å². The highest BCUT2D eigenvalue weighted by Gasteiger charge is 1.98. The Morgan fingerprint density at radius 1 is 1.50 bits per heavy atom. The van der Waals surface area contributed by atoms with E-state index in [1.165, 1.54) is 0 Å². The molecule has 0 unspecified atom stereocenters. The van der Waals surface area contributed by atoms with Gasteiger partial charge in [0.05, 0.1) is 7.11 Å². The zero-order chi connectivity index (χ0) is 10.6. The van der Waals surface area contributed by atoms with Crippen LogP contribution in [0.1, 0.15) is 12.5 Å². The van der Waals surface area contributed by atoms with Crippen molar-refractivity contribution < 1.29 is 4.74 Å². The van der Waals surface area contributed by atoms with Crippen LogP contribution in [0.4, 0.5) is 5.69 Å². The number of ether oxygens (including phenoxy) is 1. The highest BCUT2D eigenvalue weighted by molar-refractivity contribution is 5.51. The van der Waals surface area contributed by atoms with E-state index in [-0.39, 0.29) is 0 Å². The van der Waals surface area contributed by atoms with E-state index in [1.54, 1.807) is 7.11 Å². The zero-order valence-corrected chi connectivity index (χ0v) is 9.05. The van der Waals surface area contributed by atoms with E-state index in [0.717, 1.165) is 29.1 Å². The molecule has 1 aromatic carbocycles. The van der Waals surface area contributed by atoms with E-state index in [9.17, 15) is 0 Å². The molecule has 0 bridgehead atoms. The second kappa shape index (κ2) is 4.70. The van der Waals surface area contributed by atoms with Gasteiger partial charge in [-0.3, -0.25) is 0 Å². The molecular weight excluding hydrogens is 174 g/mol. The summed E-state index contributed by atoms with van der Waals surface area (Å²) in [5, 5.41) is 3.28. The smallest absolute Gasteiger partial charge is 0.121 e. The summed E-state index contributed by atoms with van der Waals surface area (Å²) in [6, 6.07) is 6.05. The minimum Gasteiger partial charge on any atom is -0.496 e. The van der Waals surface area contributed by atoms with E-state index in [0.29, 0.717) is 0 Å². The summed E-state index contributed by atoms with van der Waals surface area (Å²) in [6.07, 6.45) is 0. The molecule has 0 amide bonds. The molecule has 0 saturated carbocycles. The molecule has 0 spiro atoms. The van der Waals surface area contributed by atoms with Crippen molar-refractivity contribution in [3.05, 3.63) is 35.9 Å². The lowest BCUT2D eigenvalue weighted by molar-refractivity contribution is 0.412. The number of benzene rings is 1. The molecule has 1 rings (SSSR count). The molecule has 0 atom stereocenters. The first-order chi connectivity index (χ1) is 6.63. The van der Waals surface area contributed by atoms with Crippen LogP contribution in [0.2, 0.25) is 0 Å². The van der Waals surface area contributed by atoms with Crippen LogP contribution in [-0.2, 0) is 0 Å². The molecule has 0 radical (unpaired) electrons. The van der Waals surface area contributed by atoms with Gasteiger partial charge < -0.3 is 10.1 Å². The molecule has 0 aliphatic rings. The number of anilines is 1. The summed E-state index contributed by atoms with van der Waals surface area (Å²) in [5.41, 5.74) is 3.36. The maximum Gasteiger partial charge on any atom is 0.121 e. The highest BCUT2D eigenvalue weighted by Crippen LogP contribution is 2.21. The average molecular weight is 191 g/mol. The van der Waals surface area contributed by atoms with Crippen LogP contribution in [0.5, 0.6) is 5.75 Å². The van der Waals surface area contributed by atoms with Crippen LogP contribution in [0.3, 0.4) is 0 Å². The molecule has 14 heavy (non-hydrogen) atoms. The number of nitrogens with one attached hydrogen (secondary N) is 1. The van der Waals surface area contributed by atoms with Crippen LogP contribution in [0.15, 0.2) is 30.4 Å².